The number of hydrogen-bond donors (Lipinski definition) is 1. The average molecular weight is 266 g/mol. The standard InChI is InChI=1S/C14H18O5/c1-6-18-14(17)11-9(4)13(19-10(5)15)8(3)7(2)12(11)16/h16H,6H2,1-5H3. The Morgan fingerprint density at radius 1 is 1.11 bits per heavy atom. The number of aromatic hydroxyl groups is 1. The molecule has 19 heavy (non-hydrogen) atoms. The maximum absolute atomic E-state index is 11.9. The van der Waals surface area contributed by atoms with Crippen LogP contribution in [0.2, 0.25) is 0 Å². The van der Waals surface area contributed by atoms with Crippen LogP contribution in [-0.2, 0) is 9.53 Å². The molecule has 0 bridgehead atoms. The van der Waals surface area contributed by atoms with E-state index in [-0.39, 0.29) is 17.9 Å². The fourth-order valence-corrected chi connectivity index (χ4v) is 1.86. The van der Waals surface area contributed by atoms with Crippen molar-refractivity contribution < 1.29 is 24.2 Å². The van der Waals surface area contributed by atoms with Crippen molar-refractivity contribution in [2.75, 3.05) is 6.61 Å². The first-order valence-corrected chi connectivity index (χ1v) is 5.99. The molecule has 5 heteroatoms. The lowest BCUT2D eigenvalue weighted by Gasteiger charge is -2.17. The molecule has 0 unspecified atom stereocenters. The zero-order chi connectivity index (χ0) is 14.7. The van der Waals surface area contributed by atoms with E-state index in [1.807, 2.05) is 0 Å². The molecule has 0 aliphatic rings. The second-order valence-electron chi connectivity index (χ2n) is 4.24. The highest BCUT2D eigenvalue weighted by atomic mass is 16.5. The molecule has 0 aliphatic carbocycles. The van der Waals surface area contributed by atoms with Crippen molar-refractivity contribution in [1.82, 2.24) is 0 Å². The molecule has 1 rings (SSSR count). The van der Waals surface area contributed by atoms with E-state index in [1.54, 1.807) is 27.7 Å². The summed E-state index contributed by atoms with van der Waals surface area (Å²) in [5, 5.41) is 10.1. The van der Waals surface area contributed by atoms with Crippen LogP contribution in [0.4, 0.5) is 0 Å². The predicted molar refractivity (Wildman–Crippen MR) is 69.6 cm³/mol. The van der Waals surface area contributed by atoms with Crippen molar-refractivity contribution in [2.24, 2.45) is 0 Å². The van der Waals surface area contributed by atoms with Gasteiger partial charge in [-0.15, -0.1) is 0 Å². The van der Waals surface area contributed by atoms with Crippen LogP contribution in [0, 0.1) is 20.8 Å². The largest absolute Gasteiger partial charge is 0.507 e. The molecular weight excluding hydrogens is 248 g/mol. The van der Waals surface area contributed by atoms with E-state index in [9.17, 15) is 14.7 Å². The van der Waals surface area contributed by atoms with E-state index >= 15 is 0 Å². The summed E-state index contributed by atoms with van der Waals surface area (Å²) in [4.78, 5) is 23.0. The molecule has 0 spiro atoms. The number of carbonyl (C=O) groups excluding carboxylic acids is 2. The Hall–Kier alpha value is -2.04. The van der Waals surface area contributed by atoms with Gasteiger partial charge in [0.25, 0.3) is 0 Å². The first kappa shape index (κ1) is 15.0. The van der Waals surface area contributed by atoms with Crippen LogP contribution in [0.5, 0.6) is 11.5 Å². The van der Waals surface area contributed by atoms with Crippen LogP contribution in [0.15, 0.2) is 0 Å². The smallest absolute Gasteiger partial charge is 0.342 e. The van der Waals surface area contributed by atoms with Crippen LogP contribution < -0.4 is 4.74 Å². The zero-order valence-electron chi connectivity index (χ0n) is 11.8. The number of hydrogen-bond acceptors (Lipinski definition) is 5. The third-order valence-corrected chi connectivity index (χ3v) is 2.94. The maximum Gasteiger partial charge on any atom is 0.342 e. The topological polar surface area (TPSA) is 72.8 Å². The summed E-state index contributed by atoms with van der Waals surface area (Å²) in [6.45, 7) is 8.14. The van der Waals surface area contributed by atoms with Gasteiger partial charge >= 0.3 is 11.9 Å². The second-order valence-corrected chi connectivity index (χ2v) is 4.24. The minimum atomic E-state index is -0.631. The van der Waals surface area contributed by atoms with Gasteiger partial charge in [-0.2, -0.15) is 0 Å². The Morgan fingerprint density at radius 2 is 1.68 bits per heavy atom. The number of benzene rings is 1. The van der Waals surface area contributed by atoms with Crippen molar-refractivity contribution in [2.45, 2.75) is 34.6 Å². The van der Waals surface area contributed by atoms with Crippen molar-refractivity contribution in [3.05, 3.63) is 22.3 Å². The molecule has 1 aromatic carbocycles. The molecule has 0 heterocycles. The van der Waals surface area contributed by atoms with E-state index in [1.165, 1.54) is 6.92 Å². The molecule has 0 aromatic heterocycles. The Balaban J connectivity index is 3.51. The fraction of sp³-hybridized carbons (Fsp3) is 0.429. The molecule has 0 atom stereocenters. The Kier molecular flexibility index (Phi) is 4.53. The Bertz CT molecular complexity index is 531. The molecule has 5 nitrogen and oxygen atoms in total. The molecule has 0 saturated heterocycles. The number of rotatable bonds is 3. The van der Waals surface area contributed by atoms with Crippen molar-refractivity contribution >= 4 is 11.9 Å². The molecule has 1 aromatic rings. The summed E-state index contributed by atoms with van der Waals surface area (Å²) in [5.41, 5.74) is 1.55. The third kappa shape index (κ3) is 2.86. The van der Waals surface area contributed by atoms with Gasteiger partial charge in [0, 0.05) is 12.5 Å². The first-order chi connectivity index (χ1) is 8.81. The van der Waals surface area contributed by atoms with Gasteiger partial charge in [-0.05, 0) is 38.8 Å². The molecule has 104 valence electrons. The minimum Gasteiger partial charge on any atom is -0.507 e. The van der Waals surface area contributed by atoms with E-state index in [4.69, 9.17) is 9.47 Å². The fourth-order valence-electron chi connectivity index (χ4n) is 1.86. The average Bonchev–Trinajstić information content (AvgIpc) is 2.32. The molecule has 0 saturated carbocycles. The number of phenolic OH excluding ortho intramolecular Hbond substituents is 1. The molecular formula is C14H18O5. The summed E-state index contributed by atoms with van der Waals surface area (Å²) in [6, 6.07) is 0. The molecule has 0 radical (unpaired) electrons. The van der Waals surface area contributed by atoms with Crippen LogP contribution in [0.1, 0.15) is 40.9 Å². The summed E-state index contributed by atoms with van der Waals surface area (Å²) >= 11 is 0. The van der Waals surface area contributed by atoms with E-state index in [0.29, 0.717) is 22.4 Å². The summed E-state index contributed by atoms with van der Waals surface area (Å²) in [6.07, 6.45) is 0. The van der Waals surface area contributed by atoms with Gasteiger partial charge < -0.3 is 14.6 Å². The summed E-state index contributed by atoms with van der Waals surface area (Å²) in [5.74, 6) is -0.949. The van der Waals surface area contributed by atoms with E-state index < -0.39 is 11.9 Å². The molecule has 0 aliphatic heterocycles. The highest BCUT2D eigenvalue weighted by molar-refractivity contribution is 5.96. The minimum absolute atomic E-state index is 0.0428. The monoisotopic (exact) mass is 266 g/mol. The lowest BCUT2D eigenvalue weighted by molar-refractivity contribution is -0.132. The molecule has 1 N–H and O–H groups in total. The first-order valence-electron chi connectivity index (χ1n) is 5.99. The van der Waals surface area contributed by atoms with E-state index in [2.05, 4.69) is 0 Å². The number of ether oxygens (including phenoxy) is 2. The third-order valence-electron chi connectivity index (χ3n) is 2.94. The Labute approximate surface area is 112 Å². The second kappa shape index (κ2) is 5.73. The number of carbonyl (C=O) groups is 2. The van der Waals surface area contributed by atoms with Gasteiger partial charge in [-0.3, -0.25) is 4.79 Å². The lowest BCUT2D eigenvalue weighted by Crippen LogP contribution is -2.12. The quantitative estimate of drug-likeness (QED) is 0.672. The van der Waals surface area contributed by atoms with Crippen LogP contribution in [0.25, 0.3) is 0 Å². The molecule has 0 fully saturated rings. The predicted octanol–water partition coefficient (Wildman–Crippen LogP) is 2.42. The van der Waals surface area contributed by atoms with Crippen LogP contribution in [-0.4, -0.2) is 23.7 Å². The molecule has 0 amide bonds. The summed E-state index contributed by atoms with van der Waals surface area (Å²) in [7, 11) is 0. The van der Waals surface area contributed by atoms with Crippen molar-refractivity contribution in [3.63, 3.8) is 0 Å². The van der Waals surface area contributed by atoms with Crippen LogP contribution >= 0.6 is 0 Å². The van der Waals surface area contributed by atoms with Crippen molar-refractivity contribution in [3.8, 4) is 11.5 Å². The highest BCUT2D eigenvalue weighted by Crippen LogP contribution is 2.37. The lowest BCUT2D eigenvalue weighted by atomic mass is 9.97. The zero-order valence-corrected chi connectivity index (χ0v) is 11.8. The number of phenols is 1. The van der Waals surface area contributed by atoms with Gasteiger partial charge in [-0.1, -0.05) is 0 Å². The van der Waals surface area contributed by atoms with Gasteiger partial charge in [0.15, 0.2) is 0 Å². The normalized spacial score (nSPS) is 10.2. The van der Waals surface area contributed by atoms with E-state index in [0.717, 1.165) is 0 Å². The number of esters is 2. The van der Waals surface area contributed by atoms with Gasteiger partial charge in [0.1, 0.15) is 17.1 Å². The van der Waals surface area contributed by atoms with Crippen LogP contribution in [0.3, 0.4) is 0 Å². The SMILES string of the molecule is CCOC(=O)c1c(C)c(OC(C)=O)c(C)c(C)c1O. The van der Waals surface area contributed by atoms with Gasteiger partial charge in [0.2, 0.25) is 0 Å². The van der Waals surface area contributed by atoms with Crippen molar-refractivity contribution in [1.29, 1.82) is 0 Å². The van der Waals surface area contributed by atoms with Gasteiger partial charge in [0.05, 0.1) is 6.61 Å². The van der Waals surface area contributed by atoms with Gasteiger partial charge in [-0.25, -0.2) is 4.79 Å². The maximum atomic E-state index is 11.9. The summed E-state index contributed by atoms with van der Waals surface area (Å²) < 4.78 is 10.0. The Morgan fingerprint density at radius 3 is 2.16 bits per heavy atom. The highest BCUT2D eigenvalue weighted by Gasteiger charge is 2.24.